The van der Waals surface area contributed by atoms with E-state index in [2.05, 4.69) is 10.2 Å². The van der Waals surface area contributed by atoms with E-state index in [0.717, 1.165) is 5.56 Å². The van der Waals surface area contributed by atoms with Gasteiger partial charge in [0, 0.05) is 6.08 Å². The molecule has 0 bridgehead atoms. The molecule has 1 heterocycles. The van der Waals surface area contributed by atoms with E-state index in [1.165, 1.54) is 24.3 Å². The van der Waals surface area contributed by atoms with Crippen LogP contribution < -0.4 is 0 Å². The summed E-state index contributed by atoms with van der Waals surface area (Å²) in [6.45, 7) is 0. The van der Waals surface area contributed by atoms with Crippen molar-refractivity contribution in [3.05, 3.63) is 81.0 Å². The van der Waals surface area contributed by atoms with Gasteiger partial charge in [-0.25, -0.2) is 8.78 Å². The van der Waals surface area contributed by atoms with Gasteiger partial charge in [-0.15, -0.1) is 10.2 Å². The summed E-state index contributed by atoms with van der Waals surface area (Å²) in [5.74, 6) is -0.248. The number of hydrogen-bond acceptors (Lipinski definition) is 3. The van der Waals surface area contributed by atoms with E-state index in [0.29, 0.717) is 17.9 Å². The molecule has 0 aliphatic heterocycles. The Hall–Kier alpha value is -2.24. The molecule has 0 aliphatic carbocycles. The number of benzene rings is 2. The van der Waals surface area contributed by atoms with Crippen LogP contribution in [0.25, 0.3) is 12.2 Å². The number of aromatic nitrogens is 2. The smallest absolute Gasteiger partial charge is 0.240 e. The third-order valence-corrected chi connectivity index (χ3v) is 3.81. The molecule has 0 saturated carbocycles. The van der Waals surface area contributed by atoms with Crippen molar-refractivity contribution >= 4 is 35.4 Å². The Morgan fingerprint density at radius 1 is 0.958 bits per heavy atom. The van der Waals surface area contributed by atoms with Gasteiger partial charge < -0.3 is 4.42 Å². The van der Waals surface area contributed by atoms with Crippen LogP contribution in [0.5, 0.6) is 0 Å². The molecule has 0 unspecified atom stereocenters. The van der Waals surface area contributed by atoms with Gasteiger partial charge in [0.2, 0.25) is 11.8 Å². The minimum absolute atomic E-state index is 0.0399. The summed E-state index contributed by atoms with van der Waals surface area (Å²) in [6, 6.07) is 8.47. The van der Waals surface area contributed by atoms with E-state index in [1.807, 2.05) is 0 Å². The Labute approximate surface area is 146 Å². The Bertz CT molecular complexity index is 909. The summed E-state index contributed by atoms with van der Waals surface area (Å²) in [5.41, 5.74) is 1.38. The molecule has 0 spiro atoms. The monoisotopic (exact) mass is 366 g/mol. The summed E-state index contributed by atoms with van der Waals surface area (Å²) in [6.07, 6.45) is 3.55. The first-order valence-corrected chi connectivity index (χ1v) is 7.66. The van der Waals surface area contributed by atoms with E-state index in [-0.39, 0.29) is 15.9 Å². The van der Waals surface area contributed by atoms with Crippen molar-refractivity contribution < 1.29 is 13.2 Å². The Morgan fingerprint density at radius 3 is 2.54 bits per heavy atom. The van der Waals surface area contributed by atoms with Gasteiger partial charge in [0.15, 0.2) is 0 Å². The summed E-state index contributed by atoms with van der Waals surface area (Å²) >= 11 is 11.7. The molecule has 7 heteroatoms. The predicted molar refractivity (Wildman–Crippen MR) is 88.9 cm³/mol. The highest BCUT2D eigenvalue weighted by atomic mass is 35.5. The maximum absolute atomic E-state index is 13.1. The zero-order valence-electron chi connectivity index (χ0n) is 12.1. The van der Waals surface area contributed by atoms with Gasteiger partial charge in [-0.3, -0.25) is 0 Å². The fraction of sp³-hybridized carbons (Fsp3) is 0.0588. The van der Waals surface area contributed by atoms with E-state index in [1.54, 1.807) is 24.3 Å². The molecule has 3 nitrogen and oxygen atoms in total. The molecular weight excluding hydrogens is 357 g/mol. The third kappa shape index (κ3) is 3.99. The second-order valence-electron chi connectivity index (χ2n) is 4.96. The first-order valence-electron chi connectivity index (χ1n) is 6.91. The molecule has 3 rings (SSSR count). The minimum atomic E-state index is -0.481. The predicted octanol–water partition coefficient (Wildman–Crippen LogP) is 5.42. The maximum Gasteiger partial charge on any atom is 0.240 e. The highest BCUT2D eigenvalue weighted by Crippen LogP contribution is 2.21. The molecule has 0 fully saturated rings. The van der Waals surface area contributed by atoms with Gasteiger partial charge in [-0.2, -0.15) is 0 Å². The fourth-order valence-electron chi connectivity index (χ4n) is 2.03. The van der Waals surface area contributed by atoms with Crippen molar-refractivity contribution in [1.82, 2.24) is 10.2 Å². The second kappa shape index (κ2) is 7.11. The van der Waals surface area contributed by atoms with Crippen molar-refractivity contribution in [1.29, 1.82) is 0 Å². The molecule has 0 radical (unpaired) electrons. The zero-order valence-corrected chi connectivity index (χ0v) is 13.7. The number of halogens is 4. The van der Waals surface area contributed by atoms with Crippen molar-refractivity contribution in [3.8, 4) is 0 Å². The van der Waals surface area contributed by atoms with Gasteiger partial charge in [-0.05, 0) is 41.5 Å². The third-order valence-electron chi connectivity index (χ3n) is 3.19. The first kappa shape index (κ1) is 16.6. The van der Waals surface area contributed by atoms with Crippen molar-refractivity contribution in [2.24, 2.45) is 0 Å². The first-order chi connectivity index (χ1) is 11.5. The van der Waals surface area contributed by atoms with Crippen molar-refractivity contribution in [3.63, 3.8) is 0 Å². The summed E-state index contributed by atoms with van der Waals surface area (Å²) in [7, 11) is 0. The number of hydrogen-bond donors (Lipinski definition) is 0. The van der Waals surface area contributed by atoms with Crippen LogP contribution in [0.4, 0.5) is 8.78 Å². The van der Waals surface area contributed by atoms with E-state index < -0.39 is 11.6 Å². The van der Waals surface area contributed by atoms with E-state index in [9.17, 15) is 8.78 Å². The number of nitrogens with zero attached hydrogens (tertiary/aromatic N) is 2. The van der Waals surface area contributed by atoms with Crippen LogP contribution in [-0.4, -0.2) is 10.2 Å². The van der Waals surface area contributed by atoms with Crippen LogP contribution in [0.2, 0.25) is 10.0 Å². The van der Waals surface area contributed by atoms with Crippen LogP contribution >= 0.6 is 23.2 Å². The lowest BCUT2D eigenvalue weighted by Gasteiger charge is -1.99. The lowest BCUT2D eigenvalue weighted by molar-refractivity contribution is 0.496. The van der Waals surface area contributed by atoms with E-state index in [4.69, 9.17) is 27.6 Å². The zero-order chi connectivity index (χ0) is 17.1. The van der Waals surface area contributed by atoms with Crippen LogP contribution in [0.1, 0.15) is 22.9 Å². The fourth-order valence-corrected chi connectivity index (χ4v) is 2.46. The quantitative estimate of drug-likeness (QED) is 0.619. The normalized spacial score (nSPS) is 11.3. The second-order valence-corrected chi connectivity index (χ2v) is 5.77. The molecule has 122 valence electrons. The SMILES string of the molecule is Fc1ccc(/C=C/c2nnc(Cc3ccc(F)c(Cl)c3)o2)c(Cl)c1. The molecule has 2 aromatic carbocycles. The van der Waals surface area contributed by atoms with Gasteiger partial charge in [0.25, 0.3) is 0 Å². The van der Waals surface area contributed by atoms with Gasteiger partial charge in [0.1, 0.15) is 11.6 Å². The highest BCUT2D eigenvalue weighted by Gasteiger charge is 2.07. The summed E-state index contributed by atoms with van der Waals surface area (Å²) in [4.78, 5) is 0. The van der Waals surface area contributed by atoms with E-state index >= 15 is 0 Å². The summed E-state index contributed by atoms with van der Waals surface area (Å²) < 4.78 is 31.6. The Morgan fingerprint density at radius 2 is 1.79 bits per heavy atom. The van der Waals surface area contributed by atoms with Crippen LogP contribution in [0, 0.1) is 11.6 Å². The Kier molecular flexibility index (Phi) is 4.92. The molecule has 24 heavy (non-hydrogen) atoms. The average Bonchev–Trinajstić information content (AvgIpc) is 2.98. The summed E-state index contributed by atoms with van der Waals surface area (Å²) in [5, 5.41) is 8.13. The Balaban J connectivity index is 1.73. The molecular formula is C17H10Cl2F2N2O. The maximum atomic E-state index is 13.1. The largest absolute Gasteiger partial charge is 0.421 e. The molecule has 3 aromatic rings. The molecule has 0 amide bonds. The van der Waals surface area contributed by atoms with Gasteiger partial charge in [0.05, 0.1) is 16.5 Å². The standard InChI is InChI=1S/C17H10Cl2F2N2O/c18-13-9-12(20)4-2-11(13)3-6-16-22-23-17(24-16)8-10-1-5-15(21)14(19)7-10/h1-7,9H,8H2/b6-3+. The molecule has 0 atom stereocenters. The van der Waals surface area contributed by atoms with Crippen LogP contribution in [0.3, 0.4) is 0 Å². The van der Waals surface area contributed by atoms with Gasteiger partial charge in [-0.1, -0.05) is 35.3 Å². The number of rotatable bonds is 4. The van der Waals surface area contributed by atoms with Crippen LogP contribution in [-0.2, 0) is 6.42 Å². The molecule has 1 aromatic heterocycles. The molecule has 0 saturated heterocycles. The van der Waals surface area contributed by atoms with Crippen LogP contribution in [0.15, 0.2) is 40.8 Å². The molecule has 0 aliphatic rings. The average molecular weight is 367 g/mol. The lowest BCUT2D eigenvalue weighted by Crippen LogP contribution is -1.89. The van der Waals surface area contributed by atoms with Gasteiger partial charge >= 0.3 is 0 Å². The van der Waals surface area contributed by atoms with Crippen molar-refractivity contribution in [2.75, 3.05) is 0 Å². The lowest BCUT2D eigenvalue weighted by atomic mass is 10.1. The molecule has 0 N–H and O–H groups in total. The minimum Gasteiger partial charge on any atom is -0.421 e. The topological polar surface area (TPSA) is 38.9 Å². The highest BCUT2D eigenvalue weighted by molar-refractivity contribution is 6.32. The van der Waals surface area contributed by atoms with Crippen molar-refractivity contribution in [2.45, 2.75) is 6.42 Å².